The predicted octanol–water partition coefficient (Wildman–Crippen LogP) is 5.85. The monoisotopic (exact) mass is 521 g/mol. The Hall–Kier alpha value is -2.26. The molecular formula is C32H43NO5. The minimum Gasteiger partial charge on any atom is -0.466 e. The van der Waals surface area contributed by atoms with Crippen LogP contribution in [0.4, 0.5) is 0 Å². The van der Waals surface area contributed by atoms with Crippen molar-refractivity contribution >= 4 is 17.5 Å². The molecule has 3 saturated carbocycles. The lowest BCUT2D eigenvalue weighted by molar-refractivity contribution is -0.248. The van der Waals surface area contributed by atoms with Crippen molar-refractivity contribution in [3.8, 4) is 0 Å². The van der Waals surface area contributed by atoms with Crippen LogP contribution in [0.2, 0.25) is 0 Å². The summed E-state index contributed by atoms with van der Waals surface area (Å²) in [6.45, 7) is 22.3. The summed E-state index contributed by atoms with van der Waals surface area (Å²) in [6, 6.07) is 0. The first-order chi connectivity index (χ1) is 17.6. The molecule has 0 unspecified atom stereocenters. The summed E-state index contributed by atoms with van der Waals surface area (Å²) < 4.78 is 5.62. The molecule has 38 heavy (non-hydrogen) atoms. The van der Waals surface area contributed by atoms with Crippen LogP contribution in [0.15, 0.2) is 23.4 Å². The highest BCUT2D eigenvalue weighted by atomic mass is 16.5. The van der Waals surface area contributed by atoms with E-state index < -0.39 is 33.2 Å². The van der Waals surface area contributed by atoms with Crippen molar-refractivity contribution in [1.82, 2.24) is 0 Å². The van der Waals surface area contributed by atoms with Crippen molar-refractivity contribution in [2.75, 3.05) is 6.61 Å². The molecule has 0 aromatic heterocycles. The molecule has 0 aliphatic heterocycles. The van der Waals surface area contributed by atoms with Crippen molar-refractivity contribution in [2.24, 2.45) is 44.8 Å². The van der Waals surface area contributed by atoms with E-state index in [2.05, 4.69) is 39.5 Å². The van der Waals surface area contributed by atoms with Crippen molar-refractivity contribution in [2.45, 2.75) is 99.0 Å². The molecule has 0 spiro atoms. The quantitative estimate of drug-likeness (QED) is 0.364. The van der Waals surface area contributed by atoms with Crippen LogP contribution < -0.4 is 0 Å². The van der Waals surface area contributed by atoms with E-state index in [0.29, 0.717) is 25.7 Å². The molecule has 3 fully saturated rings. The highest BCUT2D eigenvalue weighted by Gasteiger charge is 2.76. The normalized spacial score (nSPS) is 47.3. The number of ketones is 2. The molecule has 0 radical (unpaired) electrons. The van der Waals surface area contributed by atoms with Crippen molar-refractivity contribution in [1.29, 1.82) is 0 Å². The van der Waals surface area contributed by atoms with Crippen LogP contribution in [-0.2, 0) is 19.1 Å². The minimum atomic E-state index is -1.71. The molecule has 5 aliphatic rings. The number of Topliss-reactive ketones (excluding diaryl/α,β-unsaturated/α-hetero) is 1. The first kappa shape index (κ1) is 27.3. The number of esters is 1. The Morgan fingerprint density at radius 1 is 1.11 bits per heavy atom. The average Bonchev–Trinajstić information content (AvgIpc) is 2.85. The van der Waals surface area contributed by atoms with E-state index in [1.165, 1.54) is 0 Å². The fourth-order valence-electron chi connectivity index (χ4n) is 9.86. The van der Waals surface area contributed by atoms with Crippen LogP contribution in [0.25, 0.3) is 4.85 Å². The van der Waals surface area contributed by atoms with E-state index in [4.69, 9.17) is 11.3 Å². The van der Waals surface area contributed by atoms with Gasteiger partial charge in [-0.1, -0.05) is 53.2 Å². The molecule has 0 aromatic rings. The highest BCUT2D eigenvalue weighted by molar-refractivity contribution is 6.03. The van der Waals surface area contributed by atoms with Gasteiger partial charge >= 0.3 is 5.97 Å². The third kappa shape index (κ3) is 3.06. The number of carbonyl (C=O) groups is 3. The van der Waals surface area contributed by atoms with Gasteiger partial charge in [0.05, 0.1) is 18.6 Å². The van der Waals surface area contributed by atoms with Gasteiger partial charge in [0, 0.05) is 22.7 Å². The Bertz CT molecular complexity index is 1220. The summed E-state index contributed by atoms with van der Waals surface area (Å²) in [6.07, 6.45) is 8.15. The zero-order valence-corrected chi connectivity index (χ0v) is 24.1. The van der Waals surface area contributed by atoms with E-state index in [9.17, 15) is 19.5 Å². The summed E-state index contributed by atoms with van der Waals surface area (Å²) in [5, 5.41) is 12.9. The molecule has 1 N–H and O–H groups in total. The number of nitrogens with zero attached hydrogens (tertiary/aromatic N) is 1. The van der Waals surface area contributed by atoms with Crippen LogP contribution in [0.1, 0.15) is 93.4 Å². The van der Waals surface area contributed by atoms with Crippen molar-refractivity contribution < 1.29 is 24.2 Å². The molecule has 0 saturated heterocycles. The zero-order chi connectivity index (χ0) is 28.1. The van der Waals surface area contributed by atoms with E-state index in [-0.39, 0.29) is 47.1 Å². The van der Waals surface area contributed by atoms with Crippen molar-refractivity contribution in [3.63, 3.8) is 0 Å². The molecule has 6 nitrogen and oxygen atoms in total. The van der Waals surface area contributed by atoms with Gasteiger partial charge in [0.2, 0.25) is 5.70 Å². The van der Waals surface area contributed by atoms with Gasteiger partial charge in [-0.05, 0) is 74.7 Å². The summed E-state index contributed by atoms with van der Waals surface area (Å²) in [4.78, 5) is 44.5. The highest BCUT2D eigenvalue weighted by Crippen LogP contribution is 2.75. The Balaban J connectivity index is 1.73. The third-order valence-corrected chi connectivity index (χ3v) is 12.4. The van der Waals surface area contributed by atoms with Crippen LogP contribution >= 0.6 is 0 Å². The fourth-order valence-corrected chi connectivity index (χ4v) is 9.86. The summed E-state index contributed by atoms with van der Waals surface area (Å²) in [5.74, 6) is -1.55. The van der Waals surface area contributed by atoms with Gasteiger partial charge in [0.1, 0.15) is 5.60 Å². The molecule has 6 heteroatoms. The molecule has 5 aliphatic carbocycles. The molecule has 0 amide bonds. The second kappa shape index (κ2) is 8.13. The van der Waals surface area contributed by atoms with Gasteiger partial charge in [0.25, 0.3) is 0 Å². The fraction of sp³-hybridized carbons (Fsp3) is 0.750. The number of fused-ring (bicyclic) bond motifs is 7. The number of rotatable bonds is 2. The summed E-state index contributed by atoms with van der Waals surface area (Å²) in [5.41, 5.74) is -3.57. The number of hydrogen-bond acceptors (Lipinski definition) is 5. The van der Waals surface area contributed by atoms with E-state index in [1.54, 1.807) is 13.0 Å². The van der Waals surface area contributed by atoms with Crippen LogP contribution in [0.5, 0.6) is 0 Å². The van der Waals surface area contributed by atoms with Gasteiger partial charge in [-0.15, -0.1) is 0 Å². The maximum atomic E-state index is 14.4. The first-order valence-corrected chi connectivity index (χ1v) is 14.4. The van der Waals surface area contributed by atoms with Crippen LogP contribution in [-0.4, -0.2) is 34.9 Å². The molecule has 5 rings (SSSR count). The summed E-state index contributed by atoms with van der Waals surface area (Å²) >= 11 is 0. The Kier molecular flexibility index (Phi) is 5.84. The second-order valence-corrected chi connectivity index (χ2v) is 14.4. The molecule has 0 aromatic carbocycles. The van der Waals surface area contributed by atoms with Crippen LogP contribution in [0, 0.1) is 51.4 Å². The predicted molar refractivity (Wildman–Crippen MR) is 143 cm³/mol. The number of aliphatic hydroxyl groups is 1. The lowest BCUT2D eigenvalue weighted by atomic mass is 9.33. The topological polar surface area (TPSA) is 85.0 Å². The molecule has 0 heterocycles. The number of allylic oxidation sites excluding steroid dienone is 3. The maximum Gasteiger partial charge on any atom is 0.312 e. The van der Waals surface area contributed by atoms with Gasteiger partial charge in [-0.3, -0.25) is 9.59 Å². The SMILES string of the molecule is [C-]#[N+]C1=C[C@]2(C)C3=CC(=O)[C@]4(O)[C@@H]5CC(C)(C)CC[C@]5(C(=O)OCC)CC[C@@]4(C)[C@]3(C)CC[C@H]2[C@H](C)C1=O. The molecule has 8 atom stereocenters. The number of ether oxygens (including phenoxy) is 1. The smallest absolute Gasteiger partial charge is 0.312 e. The van der Waals surface area contributed by atoms with Gasteiger partial charge in [-0.2, -0.15) is 0 Å². The molecule has 0 bridgehead atoms. The Morgan fingerprint density at radius 3 is 2.39 bits per heavy atom. The van der Waals surface area contributed by atoms with E-state index in [1.807, 2.05) is 13.0 Å². The summed E-state index contributed by atoms with van der Waals surface area (Å²) in [7, 11) is 0. The van der Waals surface area contributed by atoms with E-state index >= 15 is 0 Å². The average molecular weight is 522 g/mol. The third-order valence-electron chi connectivity index (χ3n) is 12.4. The largest absolute Gasteiger partial charge is 0.466 e. The maximum absolute atomic E-state index is 14.4. The van der Waals surface area contributed by atoms with E-state index in [0.717, 1.165) is 24.8 Å². The van der Waals surface area contributed by atoms with Gasteiger partial charge in [0.15, 0.2) is 11.6 Å². The first-order valence-electron chi connectivity index (χ1n) is 14.4. The minimum absolute atomic E-state index is 0.00163. The van der Waals surface area contributed by atoms with Crippen LogP contribution in [0.3, 0.4) is 0 Å². The van der Waals surface area contributed by atoms with Gasteiger partial charge in [-0.25, -0.2) is 4.85 Å². The lowest BCUT2D eigenvalue weighted by Crippen LogP contribution is -2.74. The standard InChI is InChI=1S/C32H43NO5/c1-9-38-26(36)31-14-12-27(3,4)18-23(31)32(37)24(34)16-22-28(5)17-21(33-8)25(35)19(2)20(28)10-11-29(22,6)30(32,7)13-15-31/h16-17,19-20,23,37H,9-15,18H2,1-7H3/t19-,20-,23+,28-,29+,30-,31-,32+/m0/s1. The Labute approximate surface area is 227 Å². The second-order valence-electron chi connectivity index (χ2n) is 14.4. The number of hydrogen-bond donors (Lipinski definition) is 1. The van der Waals surface area contributed by atoms with Crippen molar-refractivity contribution in [3.05, 3.63) is 34.8 Å². The zero-order valence-electron chi connectivity index (χ0n) is 24.1. The Morgan fingerprint density at radius 2 is 1.76 bits per heavy atom. The molecular weight excluding hydrogens is 478 g/mol. The number of carbonyl (C=O) groups excluding carboxylic acids is 3. The van der Waals surface area contributed by atoms with Gasteiger partial charge < -0.3 is 14.6 Å². The molecule has 206 valence electrons. The lowest BCUT2D eigenvalue weighted by Gasteiger charge is -2.70.